The number of hydrogen-bond acceptors (Lipinski definition) is 5. The average molecular weight is 442 g/mol. The van der Waals surface area contributed by atoms with Gasteiger partial charge in [-0.2, -0.15) is 5.10 Å². The topological polar surface area (TPSA) is 81.9 Å². The second-order valence-electron chi connectivity index (χ2n) is 8.25. The van der Waals surface area contributed by atoms with Crippen molar-refractivity contribution in [3.8, 4) is 11.5 Å². The minimum absolute atomic E-state index is 0.444. The number of hydrogen-bond donors (Lipinski definition) is 2. The molecule has 0 bridgehead atoms. The van der Waals surface area contributed by atoms with Crippen LogP contribution in [0.2, 0.25) is 0 Å². The summed E-state index contributed by atoms with van der Waals surface area (Å²) in [4.78, 5) is 4.76. The molecule has 4 rings (SSSR count). The van der Waals surface area contributed by atoms with Crippen molar-refractivity contribution >= 4 is 11.6 Å². The fourth-order valence-electron chi connectivity index (χ4n) is 3.98. The molecule has 8 nitrogen and oxygen atoms in total. The molecule has 2 heterocycles. The van der Waals surface area contributed by atoms with Gasteiger partial charge in [0.05, 0.1) is 25.9 Å². The van der Waals surface area contributed by atoms with E-state index >= 15 is 0 Å². The summed E-state index contributed by atoms with van der Waals surface area (Å²) in [6, 6.07) is 7.83. The summed E-state index contributed by atoms with van der Waals surface area (Å²) in [7, 11) is 0. The summed E-state index contributed by atoms with van der Waals surface area (Å²) in [5, 5.41) is 11.1. The lowest BCUT2D eigenvalue weighted by Gasteiger charge is -2.21. The molecule has 1 aromatic carbocycles. The maximum atomic E-state index is 6.04. The van der Waals surface area contributed by atoms with Gasteiger partial charge >= 0.3 is 0 Å². The van der Waals surface area contributed by atoms with Gasteiger partial charge in [-0.25, -0.2) is 0 Å². The average Bonchev–Trinajstić information content (AvgIpc) is 3.23. The number of nitrogens with one attached hydrogen (secondary N) is 2. The van der Waals surface area contributed by atoms with Crippen molar-refractivity contribution in [2.75, 3.05) is 38.2 Å². The van der Waals surface area contributed by atoms with Crippen LogP contribution in [0.1, 0.15) is 44.9 Å². The minimum Gasteiger partial charge on any atom is -0.490 e. The lowest BCUT2D eigenvalue weighted by Crippen LogP contribution is -2.33. The molecular formula is C24H35N5O3. The predicted molar refractivity (Wildman–Crippen MR) is 126 cm³/mol. The van der Waals surface area contributed by atoms with Crippen molar-refractivity contribution in [2.45, 2.75) is 57.6 Å². The molecule has 1 aromatic heterocycles. The van der Waals surface area contributed by atoms with Gasteiger partial charge in [-0.1, -0.05) is 19.3 Å². The van der Waals surface area contributed by atoms with E-state index in [-0.39, 0.29) is 0 Å². The first-order valence-electron chi connectivity index (χ1n) is 11.9. The number of aromatic nitrogens is 2. The Kier molecular flexibility index (Phi) is 8.66. The van der Waals surface area contributed by atoms with Gasteiger partial charge in [0.15, 0.2) is 17.5 Å². The van der Waals surface area contributed by atoms with Crippen LogP contribution in [0, 0.1) is 0 Å². The van der Waals surface area contributed by atoms with E-state index in [0.717, 1.165) is 55.7 Å². The van der Waals surface area contributed by atoms with Crippen molar-refractivity contribution in [3.63, 3.8) is 0 Å². The first-order chi connectivity index (χ1) is 15.9. The van der Waals surface area contributed by atoms with Crippen LogP contribution in [-0.4, -0.2) is 54.8 Å². The summed E-state index contributed by atoms with van der Waals surface area (Å²) in [6.45, 7) is 4.30. The lowest BCUT2D eigenvalue weighted by atomic mass is 9.98. The zero-order valence-electron chi connectivity index (χ0n) is 18.8. The number of fused-ring (bicyclic) bond motifs is 1. The molecule has 2 N–H and O–H groups in total. The monoisotopic (exact) mass is 441 g/mol. The fraction of sp³-hybridized carbons (Fsp3) is 0.583. The van der Waals surface area contributed by atoms with Gasteiger partial charge in [0, 0.05) is 50.3 Å². The Hall–Kier alpha value is -2.74. The zero-order valence-corrected chi connectivity index (χ0v) is 18.8. The number of nitrogens with zero attached hydrogens (tertiary/aromatic N) is 3. The van der Waals surface area contributed by atoms with E-state index in [4.69, 9.17) is 19.2 Å². The maximum absolute atomic E-state index is 6.04. The largest absolute Gasteiger partial charge is 0.490 e. The molecule has 174 valence electrons. The molecule has 32 heavy (non-hydrogen) atoms. The first kappa shape index (κ1) is 22.5. The van der Waals surface area contributed by atoms with Crippen molar-refractivity contribution in [2.24, 2.45) is 4.99 Å². The summed E-state index contributed by atoms with van der Waals surface area (Å²) in [5.41, 5.74) is 0.915. The summed E-state index contributed by atoms with van der Waals surface area (Å²) < 4.78 is 19.5. The third kappa shape index (κ3) is 7.15. The number of benzene rings is 1. The Balaban J connectivity index is 1.31. The third-order valence-electron chi connectivity index (χ3n) is 5.68. The third-order valence-corrected chi connectivity index (χ3v) is 5.68. The standard InChI is InChI=1S/C24H35N5O3/c1-2-7-21(8-3-1)30-16-5-11-25-24(26-13-15-29-14-4-12-27-29)28-20-9-10-22-23(19-20)32-18-6-17-31-22/h4,9-10,12,14,19,21H,1-3,5-8,11,13,15-18H2,(H2,25,26,28). The van der Waals surface area contributed by atoms with E-state index in [0.29, 0.717) is 25.9 Å². The normalized spacial score (nSPS) is 17.1. The van der Waals surface area contributed by atoms with Crippen LogP contribution in [0.15, 0.2) is 41.7 Å². The molecule has 0 spiro atoms. The van der Waals surface area contributed by atoms with Crippen LogP contribution in [-0.2, 0) is 11.3 Å². The molecule has 0 unspecified atom stereocenters. The fourth-order valence-corrected chi connectivity index (χ4v) is 3.98. The molecule has 2 aromatic rings. The number of anilines is 1. The smallest absolute Gasteiger partial charge is 0.195 e. The Morgan fingerprint density at radius 1 is 1.12 bits per heavy atom. The molecule has 1 saturated carbocycles. The van der Waals surface area contributed by atoms with Crippen molar-refractivity contribution in [3.05, 3.63) is 36.7 Å². The van der Waals surface area contributed by atoms with Crippen LogP contribution < -0.4 is 20.1 Å². The number of rotatable bonds is 9. The van der Waals surface area contributed by atoms with Crippen LogP contribution in [0.4, 0.5) is 5.69 Å². The van der Waals surface area contributed by atoms with Crippen LogP contribution in [0.25, 0.3) is 0 Å². The molecule has 1 fully saturated rings. The highest BCUT2D eigenvalue weighted by Crippen LogP contribution is 2.32. The predicted octanol–water partition coefficient (Wildman–Crippen LogP) is 3.84. The number of guanidine groups is 1. The quantitative estimate of drug-likeness (QED) is 0.350. The van der Waals surface area contributed by atoms with Gasteiger partial charge < -0.3 is 24.8 Å². The molecular weight excluding hydrogens is 406 g/mol. The number of ether oxygens (including phenoxy) is 3. The molecule has 0 radical (unpaired) electrons. The lowest BCUT2D eigenvalue weighted by molar-refractivity contribution is 0.0281. The Morgan fingerprint density at radius 3 is 2.84 bits per heavy atom. The van der Waals surface area contributed by atoms with Gasteiger partial charge in [-0.3, -0.25) is 9.67 Å². The summed E-state index contributed by atoms with van der Waals surface area (Å²) in [6.07, 6.45) is 12.3. The van der Waals surface area contributed by atoms with Crippen molar-refractivity contribution in [1.29, 1.82) is 0 Å². The van der Waals surface area contributed by atoms with Crippen LogP contribution in [0.5, 0.6) is 11.5 Å². The summed E-state index contributed by atoms with van der Waals surface area (Å²) >= 11 is 0. The van der Waals surface area contributed by atoms with Gasteiger partial charge in [-0.05, 0) is 37.5 Å². The first-order valence-corrected chi connectivity index (χ1v) is 11.9. The summed E-state index contributed by atoms with van der Waals surface area (Å²) in [5.74, 6) is 2.30. The number of aliphatic imine (C=N–C) groups is 1. The molecule has 1 aliphatic heterocycles. The molecule has 1 aliphatic carbocycles. The van der Waals surface area contributed by atoms with Gasteiger partial charge in [0.2, 0.25) is 0 Å². The molecule has 0 saturated heterocycles. The Labute approximate surface area is 190 Å². The molecule has 8 heteroatoms. The molecule has 0 amide bonds. The maximum Gasteiger partial charge on any atom is 0.195 e. The van der Waals surface area contributed by atoms with Crippen molar-refractivity contribution in [1.82, 2.24) is 15.1 Å². The zero-order chi connectivity index (χ0) is 21.8. The Bertz CT molecular complexity index is 834. The highest BCUT2D eigenvalue weighted by molar-refractivity contribution is 5.93. The van der Waals surface area contributed by atoms with E-state index < -0.39 is 0 Å². The highest BCUT2D eigenvalue weighted by Gasteiger charge is 2.13. The second-order valence-corrected chi connectivity index (χ2v) is 8.25. The minimum atomic E-state index is 0.444. The van der Waals surface area contributed by atoms with Gasteiger partial charge in [0.25, 0.3) is 0 Å². The SMILES string of the molecule is c1cnn(CCNC(=NCCCOC2CCCCC2)Nc2ccc3c(c2)OCCCO3)c1. The van der Waals surface area contributed by atoms with Gasteiger partial charge in [0.1, 0.15) is 0 Å². The second kappa shape index (κ2) is 12.3. The van der Waals surface area contributed by atoms with E-state index in [1.807, 2.05) is 35.1 Å². The van der Waals surface area contributed by atoms with Crippen molar-refractivity contribution < 1.29 is 14.2 Å². The van der Waals surface area contributed by atoms with Crippen LogP contribution in [0.3, 0.4) is 0 Å². The van der Waals surface area contributed by atoms with Crippen LogP contribution >= 0.6 is 0 Å². The van der Waals surface area contributed by atoms with Gasteiger partial charge in [-0.15, -0.1) is 0 Å². The van der Waals surface area contributed by atoms with E-state index in [9.17, 15) is 0 Å². The van der Waals surface area contributed by atoms with E-state index in [2.05, 4.69) is 15.7 Å². The highest BCUT2D eigenvalue weighted by atomic mass is 16.5. The molecule has 0 atom stereocenters. The Morgan fingerprint density at radius 2 is 2.00 bits per heavy atom. The van der Waals surface area contributed by atoms with E-state index in [1.54, 1.807) is 6.20 Å². The van der Waals surface area contributed by atoms with E-state index in [1.165, 1.54) is 32.1 Å². The molecule has 2 aliphatic rings.